The van der Waals surface area contributed by atoms with E-state index in [0.29, 0.717) is 42.4 Å². The van der Waals surface area contributed by atoms with Crippen LogP contribution in [0, 0.1) is 32.1 Å². The molecule has 1 aromatic heterocycles. The Morgan fingerprint density at radius 1 is 1.13 bits per heavy atom. The molecule has 7 heteroatoms. The quantitative estimate of drug-likeness (QED) is 0.331. The molecular formula is C23H27N7. The molecular weight excluding hydrogens is 374 g/mol. The largest absolute Gasteiger partial charge is 0.382 e. The number of benzene rings is 2. The average Bonchev–Trinajstić information content (AvgIpc) is 3.04. The van der Waals surface area contributed by atoms with Crippen LogP contribution < -0.4 is 16.8 Å². The van der Waals surface area contributed by atoms with Gasteiger partial charge in [-0.05, 0) is 69.0 Å². The second kappa shape index (κ2) is 9.14. The first-order chi connectivity index (χ1) is 14.4. The van der Waals surface area contributed by atoms with Gasteiger partial charge in [0.1, 0.15) is 17.5 Å². The van der Waals surface area contributed by atoms with E-state index >= 15 is 0 Å². The number of aliphatic imine (C=N–C) groups is 1. The molecule has 0 aliphatic carbocycles. The summed E-state index contributed by atoms with van der Waals surface area (Å²) in [6.07, 6.45) is 1.29. The fourth-order valence-electron chi connectivity index (χ4n) is 3.11. The van der Waals surface area contributed by atoms with Crippen LogP contribution in [-0.4, -0.2) is 22.3 Å². The molecule has 0 atom stereocenters. The maximum absolute atomic E-state index is 9.51. The molecule has 0 saturated heterocycles. The molecule has 30 heavy (non-hydrogen) atoms. The molecule has 0 bridgehead atoms. The SMILES string of the molecule is Cc1ccc(-n2nc(CCCN=C(N)Nc3ccc(C)c(C)c3)c(C#N)c2N)cc1. The third-order valence-corrected chi connectivity index (χ3v) is 5.02. The number of hydrogen-bond donors (Lipinski definition) is 3. The molecule has 3 aromatic rings. The first-order valence-corrected chi connectivity index (χ1v) is 9.87. The summed E-state index contributed by atoms with van der Waals surface area (Å²) < 4.78 is 1.62. The highest BCUT2D eigenvalue weighted by Gasteiger charge is 2.16. The van der Waals surface area contributed by atoms with Gasteiger partial charge in [-0.3, -0.25) is 4.99 Å². The fourth-order valence-corrected chi connectivity index (χ4v) is 3.11. The molecule has 5 N–H and O–H groups in total. The molecule has 0 unspecified atom stereocenters. The van der Waals surface area contributed by atoms with E-state index in [1.165, 1.54) is 11.1 Å². The zero-order valence-electron chi connectivity index (χ0n) is 17.6. The molecule has 0 saturated carbocycles. The molecule has 7 nitrogen and oxygen atoms in total. The zero-order valence-corrected chi connectivity index (χ0v) is 17.6. The minimum Gasteiger partial charge on any atom is -0.382 e. The van der Waals surface area contributed by atoms with Crippen molar-refractivity contribution in [2.24, 2.45) is 10.7 Å². The maximum Gasteiger partial charge on any atom is 0.193 e. The average molecular weight is 402 g/mol. The summed E-state index contributed by atoms with van der Waals surface area (Å²) in [6, 6.07) is 16.1. The number of aryl methyl sites for hydroxylation is 4. The molecule has 0 aliphatic rings. The smallest absolute Gasteiger partial charge is 0.193 e. The lowest BCUT2D eigenvalue weighted by atomic mass is 10.1. The number of nitrogen functional groups attached to an aromatic ring is 1. The van der Waals surface area contributed by atoms with Gasteiger partial charge in [0.15, 0.2) is 5.96 Å². The summed E-state index contributed by atoms with van der Waals surface area (Å²) in [5, 5.41) is 17.2. The van der Waals surface area contributed by atoms with Crippen LogP contribution >= 0.6 is 0 Å². The molecule has 0 radical (unpaired) electrons. The Bertz CT molecular complexity index is 1100. The van der Waals surface area contributed by atoms with E-state index in [0.717, 1.165) is 16.9 Å². The Morgan fingerprint density at radius 2 is 1.87 bits per heavy atom. The molecule has 2 aromatic carbocycles. The van der Waals surface area contributed by atoms with Crippen LogP contribution in [0.3, 0.4) is 0 Å². The van der Waals surface area contributed by atoms with Crippen LogP contribution in [0.25, 0.3) is 5.69 Å². The van der Waals surface area contributed by atoms with Gasteiger partial charge in [-0.2, -0.15) is 10.4 Å². The Morgan fingerprint density at radius 3 is 2.53 bits per heavy atom. The third-order valence-electron chi connectivity index (χ3n) is 5.02. The first-order valence-electron chi connectivity index (χ1n) is 9.87. The van der Waals surface area contributed by atoms with Crippen LogP contribution in [0.4, 0.5) is 11.5 Å². The predicted molar refractivity (Wildman–Crippen MR) is 122 cm³/mol. The van der Waals surface area contributed by atoms with Crippen LogP contribution in [0.15, 0.2) is 47.5 Å². The van der Waals surface area contributed by atoms with Crippen molar-refractivity contribution in [2.45, 2.75) is 33.6 Å². The van der Waals surface area contributed by atoms with Crippen LogP contribution in [0.1, 0.15) is 34.4 Å². The minimum absolute atomic E-state index is 0.357. The van der Waals surface area contributed by atoms with Crippen molar-refractivity contribution in [3.8, 4) is 11.8 Å². The van der Waals surface area contributed by atoms with Crippen LogP contribution in [0.2, 0.25) is 0 Å². The predicted octanol–water partition coefficient (Wildman–Crippen LogP) is 3.61. The number of nitrogens with zero attached hydrogens (tertiary/aromatic N) is 4. The number of nitrogens with two attached hydrogens (primary N) is 2. The summed E-state index contributed by atoms with van der Waals surface area (Å²) >= 11 is 0. The summed E-state index contributed by atoms with van der Waals surface area (Å²) in [4.78, 5) is 4.37. The van der Waals surface area contributed by atoms with E-state index in [-0.39, 0.29) is 0 Å². The van der Waals surface area contributed by atoms with Gasteiger partial charge in [0.05, 0.1) is 11.4 Å². The van der Waals surface area contributed by atoms with Gasteiger partial charge >= 0.3 is 0 Å². The molecule has 3 rings (SSSR count). The lowest BCUT2D eigenvalue weighted by Crippen LogP contribution is -2.23. The number of anilines is 2. The van der Waals surface area contributed by atoms with E-state index in [1.54, 1.807) is 4.68 Å². The zero-order chi connectivity index (χ0) is 21.7. The summed E-state index contributed by atoms with van der Waals surface area (Å²) in [7, 11) is 0. The lowest BCUT2D eigenvalue weighted by molar-refractivity contribution is 0.776. The number of hydrogen-bond acceptors (Lipinski definition) is 4. The minimum atomic E-state index is 0.357. The summed E-state index contributed by atoms with van der Waals surface area (Å²) in [5.41, 5.74) is 18.6. The van der Waals surface area contributed by atoms with Crippen molar-refractivity contribution < 1.29 is 0 Å². The highest BCUT2D eigenvalue weighted by molar-refractivity contribution is 5.92. The normalized spacial score (nSPS) is 11.3. The van der Waals surface area contributed by atoms with Gasteiger partial charge in [0.2, 0.25) is 0 Å². The standard InChI is InChI=1S/C23H27N7/c1-15-6-10-19(11-7-15)30-22(25)20(14-24)21(29-30)5-4-12-27-23(26)28-18-9-8-16(2)17(3)13-18/h6-11,13H,4-5,12,25H2,1-3H3,(H3,26,27,28). The van der Waals surface area contributed by atoms with Gasteiger partial charge < -0.3 is 16.8 Å². The van der Waals surface area contributed by atoms with Gasteiger partial charge in [0.25, 0.3) is 0 Å². The van der Waals surface area contributed by atoms with Crippen molar-refractivity contribution >= 4 is 17.5 Å². The Hall–Kier alpha value is -3.79. The van der Waals surface area contributed by atoms with Gasteiger partial charge in [-0.15, -0.1) is 0 Å². The van der Waals surface area contributed by atoms with Crippen molar-refractivity contribution in [1.82, 2.24) is 9.78 Å². The van der Waals surface area contributed by atoms with E-state index in [9.17, 15) is 5.26 Å². The molecule has 1 heterocycles. The number of nitriles is 1. The molecule has 154 valence electrons. The van der Waals surface area contributed by atoms with Crippen molar-refractivity contribution in [3.05, 3.63) is 70.4 Å². The van der Waals surface area contributed by atoms with Crippen molar-refractivity contribution in [3.63, 3.8) is 0 Å². The second-order valence-corrected chi connectivity index (χ2v) is 7.36. The Kier molecular flexibility index (Phi) is 6.38. The third kappa shape index (κ3) is 4.78. The Balaban J connectivity index is 1.63. The van der Waals surface area contributed by atoms with E-state index in [2.05, 4.69) is 35.3 Å². The number of nitrogens with one attached hydrogen (secondary N) is 1. The molecule has 0 amide bonds. The number of rotatable bonds is 6. The van der Waals surface area contributed by atoms with E-state index in [1.807, 2.05) is 49.4 Å². The van der Waals surface area contributed by atoms with Gasteiger partial charge in [-0.1, -0.05) is 23.8 Å². The van der Waals surface area contributed by atoms with Gasteiger partial charge in [0, 0.05) is 12.2 Å². The fraction of sp³-hybridized carbons (Fsp3) is 0.261. The van der Waals surface area contributed by atoms with Gasteiger partial charge in [-0.25, -0.2) is 4.68 Å². The van der Waals surface area contributed by atoms with E-state index in [4.69, 9.17) is 11.5 Å². The van der Waals surface area contributed by atoms with Crippen LogP contribution in [-0.2, 0) is 6.42 Å². The highest BCUT2D eigenvalue weighted by atomic mass is 15.3. The van der Waals surface area contributed by atoms with Crippen molar-refractivity contribution in [2.75, 3.05) is 17.6 Å². The first kappa shape index (κ1) is 20.9. The second-order valence-electron chi connectivity index (χ2n) is 7.36. The van der Waals surface area contributed by atoms with E-state index < -0.39 is 0 Å². The van der Waals surface area contributed by atoms with Crippen LogP contribution in [0.5, 0.6) is 0 Å². The monoisotopic (exact) mass is 401 g/mol. The highest BCUT2D eigenvalue weighted by Crippen LogP contribution is 2.22. The summed E-state index contributed by atoms with van der Waals surface area (Å²) in [5.74, 6) is 0.722. The topological polar surface area (TPSA) is 118 Å². The van der Waals surface area contributed by atoms with Crippen molar-refractivity contribution in [1.29, 1.82) is 5.26 Å². The Labute approximate surface area is 177 Å². The lowest BCUT2D eigenvalue weighted by Gasteiger charge is -2.08. The molecule has 0 fully saturated rings. The molecule has 0 spiro atoms. The molecule has 0 aliphatic heterocycles. The number of guanidine groups is 1. The maximum atomic E-state index is 9.51. The number of aromatic nitrogens is 2. The summed E-state index contributed by atoms with van der Waals surface area (Å²) in [6.45, 7) is 6.66.